The van der Waals surface area contributed by atoms with Gasteiger partial charge < -0.3 is 19.4 Å². The lowest BCUT2D eigenvalue weighted by Crippen LogP contribution is -2.31. The molecule has 1 saturated heterocycles. The summed E-state index contributed by atoms with van der Waals surface area (Å²) in [6.45, 7) is 1.50. The van der Waals surface area contributed by atoms with E-state index in [2.05, 4.69) is 4.90 Å². The first-order valence-corrected chi connectivity index (χ1v) is 5.83. The van der Waals surface area contributed by atoms with Crippen LogP contribution in [0.1, 0.15) is 17.9 Å². The molecular formula is C12H19NO4. The smallest absolute Gasteiger partial charge is 0.129 e. The Balaban J connectivity index is 1.97. The molecule has 1 aliphatic rings. The maximum atomic E-state index is 9.31. The fourth-order valence-electron chi connectivity index (χ4n) is 2.28. The Morgan fingerprint density at radius 3 is 2.76 bits per heavy atom. The highest BCUT2D eigenvalue weighted by Gasteiger charge is 2.31. The molecule has 2 atom stereocenters. The SMILES string of the molecule is CO[C@@H]1C[C@@H](CO)N(Cc2ccc(CO)o2)C1. The van der Waals surface area contributed by atoms with Crippen molar-refractivity contribution in [3.63, 3.8) is 0 Å². The van der Waals surface area contributed by atoms with Crippen LogP contribution in [0.15, 0.2) is 16.5 Å². The van der Waals surface area contributed by atoms with Gasteiger partial charge in [0.1, 0.15) is 18.1 Å². The molecule has 2 heterocycles. The Labute approximate surface area is 101 Å². The normalized spacial score (nSPS) is 25.6. The number of rotatable bonds is 5. The highest BCUT2D eigenvalue weighted by Crippen LogP contribution is 2.22. The molecule has 1 aromatic rings. The number of ether oxygens (including phenoxy) is 1. The first-order valence-electron chi connectivity index (χ1n) is 5.83. The van der Waals surface area contributed by atoms with E-state index < -0.39 is 0 Å². The zero-order valence-corrected chi connectivity index (χ0v) is 10.0. The number of aliphatic hydroxyl groups excluding tert-OH is 2. The summed E-state index contributed by atoms with van der Waals surface area (Å²) in [4.78, 5) is 2.15. The van der Waals surface area contributed by atoms with Crippen LogP contribution >= 0.6 is 0 Å². The predicted octanol–water partition coefficient (Wildman–Crippen LogP) is 0.353. The van der Waals surface area contributed by atoms with Gasteiger partial charge in [0.25, 0.3) is 0 Å². The lowest BCUT2D eigenvalue weighted by atomic mass is 10.2. The minimum atomic E-state index is -0.0792. The lowest BCUT2D eigenvalue weighted by Gasteiger charge is -2.20. The van der Waals surface area contributed by atoms with Crippen molar-refractivity contribution in [3.05, 3.63) is 23.7 Å². The van der Waals surface area contributed by atoms with Crippen LogP contribution in [0.4, 0.5) is 0 Å². The zero-order valence-electron chi connectivity index (χ0n) is 10.0. The third-order valence-corrected chi connectivity index (χ3v) is 3.27. The summed E-state index contributed by atoms with van der Waals surface area (Å²) in [6, 6.07) is 3.76. The highest BCUT2D eigenvalue weighted by molar-refractivity contribution is 5.07. The maximum Gasteiger partial charge on any atom is 0.129 e. The molecule has 5 nitrogen and oxygen atoms in total. The van der Waals surface area contributed by atoms with Crippen LogP contribution in [0.5, 0.6) is 0 Å². The molecule has 1 aliphatic heterocycles. The van der Waals surface area contributed by atoms with Gasteiger partial charge in [-0.1, -0.05) is 0 Å². The zero-order chi connectivity index (χ0) is 12.3. The van der Waals surface area contributed by atoms with Gasteiger partial charge in [-0.25, -0.2) is 0 Å². The molecule has 2 N–H and O–H groups in total. The van der Waals surface area contributed by atoms with E-state index in [0.717, 1.165) is 18.7 Å². The summed E-state index contributed by atoms with van der Waals surface area (Å²) < 4.78 is 10.8. The van der Waals surface area contributed by atoms with Crippen LogP contribution < -0.4 is 0 Å². The second kappa shape index (κ2) is 5.64. The average Bonchev–Trinajstić information content (AvgIpc) is 2.95. The second-order valence-corrected chi connectivity index (χ2v) is 4.39. The fraction of sp³-hybridized carbons (Fsp3) is 0.667. The van der Waals surface area contributed by atoms with Crippen molar-refractivity contribution < 1.29 is 19.4 Å². The molecule has 96 valence electrons. The molecule has 1 aromatic heterocycles. The van der Waals surface area contributed by atoms with Gasteiger partial charge in [0, 0.05) is 19.7 Å². The van der Waals surface area contributed by atoms with Crippen molar-refractivity contribution in [1.82, 2.24) is 4.90 Å². The lowest BCUT2D eigenvalue weighted by molar-refractivity contribution is 0.105. The summed E-state index contributed by atoms with van der Waals surface area (Å²) in [5.41, 5.74) is 0. The van der Waals surface area contributed by atoms with E-state index in [1.54, 1.807) is 13.2 Å². The summed E-state index contributed by atoms with van der Waals surface area (Å²) in [5.74, 6) is 1.38. The maximum absolute atomic E-state index is 9.31. The Morgan fingerprint density at radius 2 is 2.18 bits per heavy atom. The molecule has 17 heavy (non-hydrogen) atoms. The highest BCUT2D eigenvalue weighted by atomic mass is 16.5. The minimum absolute atomic E-state index is 0.0792. The van der Waals surface area contributed by atoms with Gasteiger partial charge in [0.2, 0.25) is 0 Å². The van der Waals surface area contributed by atoms with Crippen LogP contribution in [0.2, 0.25) is 0 Å². The number of hydrogen-bond donors (Lipinski definition) is 2. The molecule has 0 bridgehead atoms. The van der Waals surface area contributed by atoms with E-state index in [4.69, 9.17) is 14.3 Å². The van der Waals surface area contributed by atoms with E-state index in [-0.39, 0.29) is 25.4 Å². The number of hydrogen-bond acceptors (Lipinski definition) is 5. The van der Waals surface area contributed by atoms with Crippen molar-refractivity contribution in [2.45, 2.75) is 31.7 Å². The van der Waals surface area contributed by atoms with E-state index in [0.29, 0.717) is 12.3 Å². The van der Waals surface area contributed by atoms with Crippen molar-refractivity contribution >= 4 is 0 Å². The Morgan fingerprint density at radius 1 is 1.41 bits per heavy atom. The van der Waals surface area contributed by atoms with Crippen LogP contribution in [0.25, 0.3) is 0 Å². The molecule has 0 saturated carbocycles. The number of aliphatic hydroxyl groups is 2. The standard InChI is InChI=1S/C12H19NO4/c1-16-12-4-9(7-14)13(6-12)5-10-2-3-11(8-15)17-10/h2-3,9,12,14-15H,4-8H2,1H3/t9-,12+/m0/s1. The third-order valence-electron chi connectivity index (χ3n) is 3.27. The largest absolute Gasteiger partial charge is 0.462 e. The van der Waals surface area contributed by atoms with Crippen molar-refractivity contribution in [1.29, 1.82) is 0 Å². The van der Waals surface area contributed by atoms with Crippen molar-refractivity contribution in [2.24, 2.45) is 0 Å². The monoisotopic (exact) mass is 241 g/mol. The van der Waals surface area contributed by atoms with Crippen LogP contribution in [-0.4, -0.2) is 47.5 Å². The third kappa shape index (κ3) is 2.87. The Kier molecular flexibility index (Phi) is 4.17. The summed E-state index contributed by atoms with van der Waals surface area (Å²) in [7, 11) is 1.69. The van der Waals surface area contributed by atoms with Gasteiger partial charge in [-0.05, 0) is 18.6 Å². The van der Waals surface area contributed by atoms with Gasteiger partial charge >= 0.3 is 0 Å². The van der Waals surface area contributed by atoms with Gasteiger partial charge in [0.15, 0.2) is 0 Å². The summed E-state index contributed by atoms with van der Waals surface area (Å²) >= 11 is 0. The number of likely N-dealkylation sites (tertiary alicyclic amines) is 1. The molecule has 0 unspecified atom stereocenters. The van der Waals surface area contributed by atoms with Crippen molar-refractivity contribution in [2.75, 3.05) is 20.3 Å². The predicted molar refractivity (Wildman–Crippen MR) is 61.3 cm³/mol. The van der Waals surface area contributed by atoms with E-state index in [9.17, 15) is 5.11 Å². The molecule has 0 radical (unpaired) electrons. The van der Waals surface area contributed by atoms with Crippen LogP contribution in [0, 0.1) is 0 Å². The molecule has 2 rings (SSSR count). The molecule has 0 amide bonds. The van der Waals surface area contributed by atoms with E-state index >= 15 is 0 Å². The topological polar surface area (TPSA) is 66.1 Å². The molecule has 0 spiro atoms. The fourth-order valence-corrected chi connectivity index (χ4v) is 2.28. The Bertz CT molecular complexity index is 352. The second-order valence-electron chi connectivity index (χ2n) is 4.39. The van der Waals surface area contributed by atoms with Gasteiger partial charge in [-0.15, -0.1) is 0 Å². The summed E-state index contributed by atoms with van der Waals surface area (Å²) in [6.07, 6.45) is 1.03. The molecule has 5 heteroatoms. The van der Waals surface area contributed by atoms with Gasteiger partial charge in [-0.3, -0.25) is 4.90 Å². The van der Waals surface area contributed by atoms with Gasteiger partial charge in [0.05, 0.1) is 19.3 Å². The van der Waals surface area contributed by atoms with Crippen molar-refractivity contribution in [3.8, 4) is 0 Å². The first kappa shape index (κ1) is 12.6. The molecule has 1 fully saturated rings. The number of methoxy groups -OCH3 is 1. The summed E-state index contributed by atoms with van der Waals surface area (Å²) in [5, 5.41) is 18.2. The number of nitrogens with zero attached hydrogens (tertiary/aromatic N) is 1. The van der Waals surface area contributed by atoms with E-state index in [1.807, 2.05) is 6.07 Å². The van der Waals surface area contributed by atoms with Crippen LogP contribution in [0.3, 0.4) is 0 Å². The minimum Gasteiger partial charge on any atom is -0.462 e. The molecular weight excluding hydrogens is 222 g/mol. The molecule has 0 aromatic carbocycles. The quantitative estimate of drug-likeness (QED) is 0.779. The Hall–Kier alpha value is -0.880. The number of furan rings is 1. The van der Waals surface area contributed by atoms with Crippen LogP contribution in [-0.2, 0) is 17.9 Å². The molecule has 0 aliphatic carbocycles. The first-order chi connectivity index (χ1) is 8.26. The average molecular weight is 241 g/mol. The van der Waals surface area contributed by atoms with Gasteiger partial charge in [-0.2, -0.15) is 0 Å². The van der Waals surface area contributed by atoms with E-state index in [1.165, 1.54) is 0 Å².